The van der Waals surface area contributed by atoms with Gasteiger partial charge in [-0.25, -0.2) is 14.4 Å². The fourth-order valence-electron chi connectivity index (χ4n) is 1.86. The van der Waals surface area contributed by atoms with Crippen LogP contribution in [0.3, 0.4) is 0 Å². The van der Waals surface area contributed by atoms with Crippen LogP contribution in [-0.2, 0) is 4.74 Å². The summed E-state index contributed by atoms with van der Waals surface area (Å²) in [7, 11) is 0. The van der Waals surface area contributed by atoms with Crippen molar-refractivity contribution in [1.29, 1.82) is 0 Å². The van der Waals surface area contributed by atoms with Gasteiger partial charge in [0.15, 0.2) is 11.6 Å². The second kappa shape index (κ2) is 6.70. The van der Waals surface area contributed by atoms with Gasteiger partial charge < -0.3 is 14.2 Å². The van der Waals surface area contributed by atoms with Crippen molar-refractivity contribution in [3.63, 3.8) is 0 Å². The van der Waals surface area contributed by atoms with Crippen LogP contribution in [0.15, 0.2) is 30.7 Å². The van der Waals surface area contributed by atoms with Crippen molar-refractivity contribution >= 4 is 0 Å². The number of hydrogen-bond donors (Lipinski definition) is 0. The molecule has 1 aliphatic rings. The van der Waals surface area contributed by atoms with Gasteiger partial charge in [-0.1, -0.05) is 0 Å². The molecule has 0 bridgehead atoms. The predicted molar refractivity (Wildman–Crippen MR) is 77.7 cm³/mol. The highest BCUT2D eigenvalue weighted by Gasteiger charge is 2.21. The van der Waals surface area contributed by atoms with Gasteiger partial charge >= 0.3 is 0 Å². The molecule has 1 saturated carbocycles. The van der Waals surface area contributed by atoms with Crippen LogP contribution in [0.2, 0.25) is 0 Å². The number of aryl methyl sites for hydroxylation is 1. The van der Waals surface area contributed by atoms with Crippen molar-refractivity contribution in [3.05, 3.63) is 42.1 Å². The third kappa shape index (κ3) is 3.92. The van der Waals surface area contributed by atoms with Crippen molar-refractivity contribution < 1.29 is 18.6 Å². The zero-order chi connectivity index (χ0) is 15.4. The van der Waals surface area contributed by atoms with Crippen molar-refractivity contribution in [3.8, 4) is 17.4 Å². The summed E-state index contributed by atoms with van der Waals surface area (Å²) in [6.45, 7) is 2.72. The van der Waals surface area contributed by atoms with Gasteiger partial charge in [-0.3, -0.25) is 0 Å². The van der Waals surface area contributed by atoms with Gasteiger partial charge in [0, 0.05) is 17.8 Å². The Kier molecular flexibility index (Phi) is 4.48. The van der Waals surface area contributed by atoms with Crippen LogP contribution in [0.1, 0.15) is 18.4 Å². The zero-order valence-electron chi connectivity index (χ0n) is 12.3. The molecule has 3 rings (SSSR count). The van der Waals surface area contributed by atoms with E-state index in [4.69, 9.17) is 14.2 Å². The fraction of sp³-hybridized carbons (Fsp3) is 0.375. The molecule has 1 aromatic carbocycles. The Morgan fingerprint density at radius 2 is 2.14 bits per heavy atom. The molecule has 1 fully saturated rings. The maximum Gasteiger partial charge on any atom is 0.225 e. The highest BCUT2D eigenvalue weighted by Crippen LogP contribution is 2.28. The van der Waals surface area contributed by atoms with E-state index in [9.17, 15) is 4.39 Å². The summed E-state index contributed by atoms with van der Waals surface area (Å²) in [5.41, 5.74) is 0.736. The summed E-state index contributed by atoms with van der Waals surface area (Å²) in [5.74, 6) is 0.381. The first-order chi connectivity index (χ1) is 10.7. The van der Waals surface area contributed by atoms with Gasteiger partial charge in [-0.2, -0.15) is 0 Å². The molecule has 0 N–H and O–H groups in total. The third-order valence-electron chi connectivity index (χ3n) is 3.19. The van der Waals surface area contributed by atoms with Crippen molar-refractivity contribution in [2.24, 2.45) is 0 Å². The summed E-state index contributed by atoms with van der Waals surface area (Å²) in [4.78, 5) is 7.84. The Morgan fingerprint density at radius 1 is 1.27 bits per heavy atom. The summed E-state index contributed by atoms with van der Waals surface area (Å²) in [6, 6.07) is 4.48. The standard InChI is InChI=1S/C16H17FN2O3/c1-11-9-18-10-19-16(11)22-15-5-4-13(8-14(15)17)21-7-6-20-12-2-3-12/h4-5,8-10,12H,2-3,6-7H2,1H3. The van der Waals surface area contributed by atoms with Crippen LogP contribution in [0.25, 0.3) is 0 Å². The normalized spacial score (nSPS) is 13.9. The molecule has 0 radical (unpaired) electrons. The van der Waals surface area contributed by atoms with Crippen LogP contribution in [-0.4, -0.2) is 29.3 Å². The average Bonchev–Trinajstić information content (AvgIpc) is 3.33. The van der Waals surface area contributed by atoms with Crippen LogP contribution in [0, 0.1) is 12.7 Å². The van der Waals surface area contributed by atoms with Gasteiger partial charge in [-0.05, 0) is 31.9 Å². The molecule has 5 nitrogen and oxygen atoms in total. The van der Waals surface area contributed by atoms with Gasteiger partial charge in [0.05, 0.1) is 12.7 Å². The second-order valence-corrected chi connectivity index (χ2v) is 5.12. The number of halogens is 1. The molecule has 2 aromatic rings. The van der Waals surface area contributed by atoms with Crippen molar-refractivity contribution in [1.82, 2.24) is 9.97 Å². The minimum atomic E-state index is -0.501. The average molecular weight is 304 g/mol. The van der Waals surface area contributed by atoms with Crippen LogP contribution < -0.4 is 9.47 Å². The van der Waals surface area contributed by atoms with Crippen LogP contribution in [0.4, 0.5) is 4.39 Å². The van der Waals surface area contributed by atoms with E-state index in [1.807, 2.05) is 0 Å². The van der Waals surface area contributed by atoms with Gasteiger partial charge in [0.2, 0.25) is 5.88 Å². The maximum atomic E-state index is 14.0. The molecule has 0 aliphatic heterocycles. The molecule has 0 atom stereocenters. The van der Waals surface area contributed by atoms with Crippen LogP contribution >= 0.6 is 0 Å². The number of hydrogen-bond acceptors (Lipinski definition) is 5. The highest BCUT2D eigenvalue weighted by atomic mass is 19.1. The Hall–Kier alpha value is -2.21. The lowest BCUT2D eigenvalue weighted by molar-refractivity contribution is 0.0879. The Bertz CT molecular complexity index is 647. The van der Waals surface area contributed by atoms with Gasteiger partial charge in [0.25, 0.3) is 0 Å². The lowest BCUT2D eigenvalue weighted by Gasteiger charge is -2.10. The Labute approximate surface area is 128 Å². The second-order valence-electron chi connectivity index (χ2n) is 5.12. The molecule has 1 aromatic heterocycles. The summed E-state index contributed by atoms with van der Waals surface area (Å²) in [5, 5.41) is 0. The Morgan fingerprint density at radius 3 is 2.86 bits per heavy atom. The molecule has 1 aliphatic carbocycles. The maximum absolute atomic E-state index is 14.0. The van der Waals surface area contributed by atoms with Crippen molar-refractivity contribution in [2.75, 3.05) is 13.2 Å². The van der Waals surface area contributed by atoms with E-state index in [0.29, 0.717) is 30.9 Å². The quantitative estimate of drug-likeness (QED) is 0.735. The minimum Gasteiger partial charge on any atom is -0.491 e. The largest absolute Gasteiger partial charge is 0.491 e. The first-order valence-electron chi connectivity index (χ1n) is 7.21. The van der Waals surface area contributed by atoms with E-state index in [0.717, 1.165) is 18.4 Å². The molecular weight excluding hydrogens is 287 g/mol. The monoisotopic (exact) mass is 304 g/mol. The number of aromatic nitrogens is 2. The molecule has 116 valence electrons. The van der Waals surface area contributed by atoms with E-state index < -0.39 is 5.82 Å². The minimum absolute atomic E-state index is 0.100. The van der Waals surface area contributed by atoms with E-state index in [1.54, 1.807) is 19.2 Å². The summed E-state index contributed by atoms with van der Waals surface area (Å²) >= 11 is 0. The lowest BCUT2D eigenvalue weighted by Crippen LogP contribution is -2.07. The smallest absolute Gasteiger partial charge is 0.225 e. The van der Waals surface area contributed by atoms with E-state index >= 15 is 0 Å². The topological polar surface area (TPSA) is 53.5 Å². The SMILES string of the molecule is Cc1cncnc1Oc1ccc(OCCOC2CC2)cc1F. The van der Waals surface area contributed by atoms with Crippen molar-refractivity contribution in [2.45, 2.75) is 25.9 Å². The van der Waals surface area contributed by atoms with E-state index in [1.165, 1.54) is 18.5 Å². The highest BCUT2D eigenvalue weighted by molar-refractivity contribution is 5.36. The molecule has 1 heterocycles. The summed E-state index contributed by atoms with van der Waals surface area (Å²) in [6.07, 6.45) is 5.62. The molecule has 22 heavy (non-hydrogen) atoms. The molecule has 6 heteroatoms. The third-order valence-corrected chi connectivity index (χ3v) is 3.19. The predicted octanol–water partition coefficient (Wildman–Crippen LogP) is 3.27. The first kappa shape index (κ1) is 14.7. The number of nitrogens with zero attached hydrogens (tertiary/aromatic N) is 2. The summed E-state index contributed by atoms with van der Waals surface area (Å²) < 4.78 is 30.4. The number of ether oxygens (including phenoxy) is 3. The molecule has 0 saturated heterocycles. The van der Waals surface area contributed by atoms with Gasteiger partial charge in [-0.15, -0.1) is 0 Å². The molecule has 0 unspecified atom stereocenters. The van der Waals surface area contributed by atoms with Crippen LogP contribution in [0.5, 0.6) is 17.4 Å². The van der Waals surface area contributed by atoms with Gasteiger partial charge in [0.1, 0.15) is 18.7 Å². The van der Waals surface area contributed by atoms with E-state index in [-0.39, 0.29) is 5.75 Å². The molecule has 0 spiro atoms. The zero-order valence-corrected chi connectivity index (χ0v) is 12.3. The lowest BCUT2D eigenvalue weighted by atomic mass is 10.3. The molecular formula is C16H17FN2O3. The Balaban J connectivity index is 1.58. The number of benzene rings is 1. The molecule has 0 amide bonds. The first-order valence-corrected chi connectivity index (χ1v) is 7.21. The number of rotatable bonds is 7. The van der Waals surface area contributed by atoms with E-state index in [2.05, 4.69) is 9.97 Å². The fourth-order valence-corrected chi connectivity index (χ4v) is 1.86.